The number of hydrogen-bond donors (Lipinski definition) is 2. The number of hydrogen-bond acceptors (Lipinski definition) is 10. The van der Waals surface area contributed by atoms with E-state index >= 15 is 0 Å². The molecule has 0 heterocycles. The molecule has 0 rings (SSSR count). The molecule has 3 atom stereocenters. The van der Waals surface area contributed by atoms with Crippen molar-refractivity contribution in [2.24, 2.45) is 0 Å². The molecule has 0 aliphatic heterocycles. The van der Waals surface area contributed by atoms with Crippen LogP contribution in [-0.4, -0.2) is 66.5 Å². The van der Waals surface area contributed by atoms with Gasteiger partial charge in [-0.3, -0.25) is 23.4 Å². The summed E-state index contributed by atoms with van der Waals surface area (Å²) >= 11 is 0. The van der Waals surface area contributed by atoms with Crippen LogP contribution in [0.3, 0.4) is 0 Å². The number of ether oxygens (including phenoxy) is 3. The molecule has 0 aromatic carbocycles. The van der Waals surface area contributed by atoms with Crippen LogP contribution in [0.15, 0.2) is 48.6 Å². The van der Waals surface area contributed by atoms with E-state index in [1.165, 1.54) is 180 Å². The molecule has 80 heavy (non-hydrogen) atoms. The van der Waals surface area contributed by atoms with Crippen LogP contribution in [0.4, 0.5) is 0 Å². The lowest BCUT2D eigenvalue weighted by atomic mass is 10.0. The minimum atomic E-state index is -4.76. The van der Waals surface area contributed by atoms with Gasteiger partial charge >= 0.3 is 25.7 Å². The number of carbonyl (C=O) groups excluding carboxylic acids is 3. The van der Waals surface area contributed by atoms with E-state index in [-0.39, 0.29) is 25.9 Å². The fourth-order valence-electron chi connectivity index (χ4n) is 9.70. The van der Waals surface area contributed by atoms with Gasteiger partial charge in [0.15, 0.2) is 6.10 Å². The highest BCUT2D eigenvalue weighted by atomic mass is 31.2. The Bertz CT molecular complexity index is 1530. The maximum absolute atomic E-state index is 13.0. The van der Waals surface area contributed by atoms with Crippen molar-refractivity contribution < 1.29 is 52.2 Å². The van der Waals surface area contributed by atoms with Crippen LogP contribution in [0.5, 0.6) is 0 Å². The van der Waals surface area contributed by atoms with Gasteiger partial charge in [-0.05, 0) is 57.8 Å². The molecule has 0 amide bonds. The summed E-state index contributed by atoms with van der Waals surface area (Å²) in [6.45, 7) is 4.59. The Morgan fingerprint density at radius 1 is 0.362 bits per heavy atom. The van der Waals surface area contributed by atoms with Gasteiger partial charge in [-0.2, -0.15) is 0 Å². The van der Waals surface area contributed by atoms with Crippen molar-refractivity contribution in [1.82, 2.24) is 0 Å². The van der Waals surface area contributed by atoms with Crippen molar-refractivity contribution in [2.45, 2.75) is 341 Å². The summed E-state index contributed by atoms with van der Waals surface area (Å²) in [6.07, 6.45) is 69.2. The predicted molar refractivity (Wildman–Crippen MR) is 335 cm³/mol. The molecule has 11 nitrogen and oxygen atoms in total. The first kappa shape index (κ1) is 77.4. The smallest absolute Gasteiger partial charge is 0.462 e. The van der Waals surface area contributed by atoms with E-state index in [1.54, 1.807) is 0 Å². The largest absolute Gasteiger partial charge is 0.472 e. The van der Waals surface area contributed by atoms with Gasteiger partial charge < -0.3 is 24.2 Å². The third-order valence-corrected chi connectivity index (χ3v) is 15.7. The zero-order chi connectivity index (χ0) is 58.3. The summed E-state index contributed by atoms with van der Waals surface area (Å²) in [4.78, 5) is 48.8. The minimum Gasteiger partial charge on any atom is -0.462 e. The number of phosphoric acid groups is 1. The third-order valence-electron chi connectivity index (χ3n) is 14.8. The average molecular weight is 1150 g/mol. The van der Waals surface area contributed by atoms with Crippen LogP contribution >= 0.6 is 7.82 Å². The van der Waals surface area contributed by atoms with E-state index in [0.29, 0.717) is 19.3 Å². The van der Waals surface area contributed by atoms with Crippen molar-refractivity contribution in [3.63, 3.8) is 0 Å². The number of aliphatic hydroxyl groups is 1. The van der Waals surface area contributed by atoms with Gasteiger partial charge in [0.05, 0.1) is 19.8 Å². The average Bonchev–Trinajstić information content (AvgIpc) is 3.45. The van der Waals surface area contributed by atoms with Crippen molar-refractivity contribution in [3.8, 4) is 0 Å². The quantitative estimate of drug-likeness (QED) is 0.0197. The number of allylic oxidation sites excluding steroid dienone is 8. The van der Waals surface area contributed by atoms with Crippen molar-refractivity contribution >= 4 is 25.7 Å². The van der Waals surface area contributed by atoms with Crippen molar-refractivity contribution in [3.05, 3.63) is 48.6 Å². The molecule has 0 aliphatic rings. The lowest BCUT2D eigenvalue weighted by molar-refractivity contribution is -0.161. The maximum atomic E-state index is 13.0. The fraction of sp³-hybridized carbons (Fsp3) is 0.838. The van der Waals surface area contributed by atoms with Gasteiger partial charge in [0.2, 0.25) is 0 Å². The van der Waals surface area contributed by atoms with Crippen LogP contribution in [0.1, 0.15) is 329 Å². The number of phosphoric ester groups is 1. The molecule has 0 fully saturated rings. The Morgan fingerprint density at radius 3 is 1.00 bits per heavy atom. The molecule has 12 heteroatoms. The Labute approximate surface area is 492 Å². The second kappa shape index (κ2) is 62.5. The van der Waals surface area contributed by atoms with Crippen LogP contribution < -0.4 is 0 Å². The molecule has 0 aliphatic carbocycles. The topological polar surface area (TPSA) is 155 Å². The fourth-order valence-corrected chi connectivity index (χ4v) is 10.5. The lowest BCUT2D eigenvalue weighted by Crippen LogP contribution is -2.30. The number of unbranched alkanes of at least 4 members (excludes halogenated alkanes) is 38. The molecule has 0 saturated heterocycles. The van der Waals surface area contributed by atoms with E-state index in [4.69, 9.17) is 23.3 Å². The third kappa shape index (κ3) is 60.0. The SMILES string of the molecule is CC/C=C\C/C=C\C/C=C\C/C=C\CCCCCCC(=O)OC(CO)COP(=O)(O)OCC(COC(=O)CCCCCCCCCCCCCCCCCCC)OC(=O)CCCCCCCCCCCCCCCCCCCCC. The Balaban J connectivity index is 4.67. The first-order valence-electron chi connectivity index (χ1n) is 33.5. The zero-order valence-electron chi connectivity index (χ0n) is 52.1. The van der Waals surface area contributed by atoms with Crippen LogP contribution in [-0.2, 0) is 42.2 Å². The molecule has 0 bridgehead atoms. The number of rotatable bonds is 63. The molecule has 0 aromatic rings. The normalized spacial score (nSPS) is 13.5. The molecule has 0 saturated carbocycles. The minimum absolute atomic E-state index is 0.151. The predicted octanol–water partition coefficient (Wildman–Crippen LogP) is 20.5. The van der Waals surface area contributed by atoms with E-state index in [2.05, 4.69) is 69.4 Å². The standard InChI is InChI=1S/C68H125O11P/c1-4-7-10-13-16-19-22-25-28-31-32-35-38-41-44-47-50-53-56-59-68(72)79-65(61-75-66(70)57-54-51-48-45-42-39-36-33-29-26-23-20-17-14-11-8-5-2)63-77-80(73,74)76-62-64(60-69)78-67(71)58-55-52-49-46-43-40-37-34-30-27-24-21-18-15-12-9-6-3/h9,12,18,21,27,30,37,40,64-65,69H,4-8,10-11,13-17,19-20,22-26,28-29,31-36,38-39,41-63H2,1-3H3,(H,73,74)/b12-9-,21-18-,30-27-,40-37-. The molecule has 3 unspecified atom stereocenters. The second-order valence-electron chi connectivity index (χ2n) is 22.6. The van der Waals surface area contributed by atoms with Gasteiger partial charge in [0.25, 0.3) is 0 Å². The summed E-state index contributed by atoms with van der Waals surface area (Å²) < 4.78 is 39.7. The number of esters is 3. The molecular formula is C68H125O11P. The summed E-state index contributed by atoms with van der Waals surface area (Å²) in [5.41, 5.74) is 0. The van der Waals surface area contributed by atoms with Gasteiger partial charge in [-0.1, -0.05) is 301 Å². The van der Waals surface area contributed by atoms with Crippen LogP contribution in [0, 0.1) is 0 Å². The van der Waals surface area contributed by atoms with Gasteiger partial charge in [0, 0.05) is 19.3 Å². The van der Waals surface area contributed by atoms with Crippen LogP contribution in [0.25, 0.3) is 0 Å². The summed E-state index contributed by atoms with van der Waals surface area (Å²) in [6, 6.07) is 0. The van der Waals surface area contributed by atoms with Crippen molar-refractivity contribution in [1.29, 1.82) is 0 Å². The number of aliphatic hydroxyl groups excluding tert-OH is 1. The Kier molecular flexibility index (Phi) is 60.5. The van der Waals surface area contributed by atoms with Crippen LogP contribution in [0.2, 0.25) is 0 Å². The monoisotopic (exact) mass is 1150 g/mol. The molecule has 0 aromatic heterocycles. The van der Waals surface area contributed by atoms with E-state index in [9.17, 15) is 28.9 Å². The van der Waals surface area contributed by atoms with E-state index in [1.807, 2.05) is 0 Å². The molecule has 0 radical (unpaired) electrons. The molecule has 468 valence electrons. The molecule has 0 spiro atoms. The van der Waals surface area contributed by atoms with E-state index in [0.717, 1.165) is 89.9 Å². The highest BCUT2D eigenvalue weighted by molar-refractivity contribution is 7.47. The lowest BCUT2D eigenvalue weighted by Gasteiger charge is -2.21. The first-order chi connectivity index (χ1) is 39.2. The second-order valence-corrected chi connectivity index (χ2v) is 24.1. The number of carbonyl (C=O) groups is 3. The van der Waals surface area contributed by atoms with Gasteiger partial charge in [0.1, 0.15) is 12.7 Å². The summed E-state index contributed by atoms with van der Waals surface area (Å²) in [5.74, 6) is -1.46. The Hall–Kier alpha value is -2.56. The highest BCUT2D eigenvalue weighted by Crippen LogP contribution is 2.43. The highest BCUT2D eigenvalue weighted by Gasteiger charge is 2.28. The summed E-state index contributed by atoms with van der Waals surface area (Å²) in [5, 5.41) is 9.86. The first-order valence-corrected chi connectivity index (χ1v) is 35.0. The molecule has 2 N–H and O–H groups in total. The van der Waals surface area contributed by atoms with Gasteiger partial charge in [-0.15, -0.1) is 0 Å². The Morgan fingerprint density at radius 2 is 0.650 bits per heavy atom. The van der Waals surface area contributed by atoms with Crippen molar-refractivity contribution in [2.75, 3.05) is 26.4 Å². The molecular weight excluding hydrogens is 1020 g/mol. The van der Waals surface area contributed by atoms with E-state index < -0.39 is 57.8 Å². The van der Waals surface area contributed by atoms with Gasteiger partial charge in [-0.25, -0.2) is 4.57 Å². The zero-order valence-corrected chi connectivity index (χ0v) is 53.0. The maximum Gasteiger partial charge on any atom is 0.472 e. The summed E-state index contributed by atoms with van der Waals surface area (Å²) in [7, 11) is -4.76.